The predicted octanol–water partition coefficient (Wildman–Crippen LogP) is 5.47. The molecule has 7 heteroatoms. The number of unbranched alkanes of at least 4 members (excludes halogenated alkanes) is 1. The maximum atomic E-state index is 12.1. The lowest BCUT2D eigenvalue weighted by atomic mass is 9.81. The second-order valence-corrected chi connectivity index (χ2v) is 11.0. The molecule has 4 rings (SSSR count). The molecule has 0 bridgehead atoms. The molecule has 3 atom stereocenters. The van der Waals surface area contributed by atoms with Crippen LogP contribution in [0.25, 0.3) is 10.9 Å². The minimum Gasteiger partial charge on any atom is -0.497 e. The first-order chi connectivity index (χ1) is 16.9. The minimum absolute atomic E-state index is 0.0788. The number of benzene rings is 1. The summed E-state index contributed by atoms with van der Waals surface area (Å²) in [7, 11) is 1.62. The van der Waals surface area contributed by atoms with Crippen LogP contribution in [0.5, 0.6) is 5.75 Å². The molecule has 3 aromatic rings. The topological polar surface area (TPSA) is 82.9 Å². The number of hydrogen-bond acceptors (Lipinski definition) is 6. The first-order valence-corrected chi connectivity index (χ1v) is 13.4. The zero-order valence-electron chi connectivity index (χ0n) is 20.7. The van der Waals surface area contributed by atoms with Crippen molar-refractivity contribution in [1.82, 2.24) is 9.88 Å². The number of aryl methyl sites for hydroxylation is 2. The number of carbonyl (C=O) groups is 1. The van der Waals surface area contributed by atoms with Crippen molar-refractivity contribution in [3.05, 3.63) is 57.9 Å². The van der Waals surface area contributed by atoms with Gasteiger partial charge in [-0.3, -0.25) is 9.78 Å². The number of ether oxygens (including phenoxy) is 1. The Morgan fingerprint density at radius 2 is 2.11 bits per heavy atom. The van der Waals surface area contributed by atoms with Gasteiger partial charge in [-0.15, -0.1) is 11.3 Å². The van der Waals surface area contributed by atoms with E-state index >= 15 is 0 Å². The van der Waals surface area contributed by atoms with Crippen molar-refractivity contribution in [3.63, 3.8) is 0 Å². The Bertz CT molecular complexity index is 1130. The van der Waals surface area contributed by atoms with E-state index in [-0.39, 0.29) is 11.8 Å². The van der Waals surface area contributed by atoms with Crippen LogP contribution in [0, 0.1) is 18.8 Å². The summed E-state index contributed by atoms with van der Waals surface area (Å²) in [6.07, 6.45) is 6.46. The van der Waals surface area contributed by atoms with E-state index in [0.29, 0.717) is 19.4 Å². The summed E-state index contributed by atoms with van der Waals surface area (Å²) in [5.41, 5.74) is 1.63. The van der Waals surface area contributed by atoms with Gasteiger partial charge < -0.3 is 19.8 Å². The number of rotatable bonds is 11. The molecule has 2 N–H and O–H groups in total. The maximum Gasteiger partial charge on any atom is 0.308 e. The fraction of sp³-hybridized carbons (Fsp3) is 0.500. The first kappa shape index (κ1) is 25.6. The quantitative estimate of drug-likeness (QED) is 0.343. The largest absolute Gasteiger partial charge is 0.497 e. The molecule has 1 fully saturated rings. The number of thiophene rings is 1. The monoisotopic (exact) mass is 496 g/mol. The average molecular weight is 497 g/mol. The predicted molar refractivity (Wildman–Crippen MR) is 140 cm³/mol. The number of pyridine rings is 1. The van der Waals surface area contributed by atoms with E-state index in [9.17, 15) is 15.0 Å². The third kappa shape index (κ3) is 6.60. The number of methoxy groups -OCH3 is 1. The Balaban J connectivity index is 1.30. The van der Waals surface area contributed by atoms with Gasteiger partial charge >= 0.3 is 5.97 Å². The van der Waals surface area contributed by atoms with Crippen LogP contribution in [-0.4, -0.2) is 52.8 Å². The molecule has 1 aromatic carbocycles. The SMILES string of the molecule is COc1ccc2nccc(C(O)CC[C@@H]3CCN(CCCCc4ccc(C)s4)C[C@@H]3C(=O)O)c2c1. The van der Waals surface area contributed by atoms with Gasteiger partial charge in [0.05, 0.1) is 24.6 Å². The highest BCUT2D eigenvalue weighted by Crippen LogP contribution is 2.34. The standard InChI is InChI=1S/C28H36N2O4S/c1-19-6-9-22(35-19)5-3-4-15-30-16-13-20(25(18-30)28(32)33)7-11-27(31)23-12-14-29-26-10-8-21(34-2)17-24(23)26/h6,8-10,12,14,17,20,25,27,31H,3-5,7,11,13,15-16,18H2,1-2H3,(H,32,33)/t20-,25+,27?/m1/s1. The number of carboxylic acids is 1. The number of aromatic nitrogens is 1. The molecule has 35 heavy (non-hydrogen) atoms. The minimum atomic E-state index is -0.720. The fourth-order valence-corrected chi connectivity index (χ4v) is 6.17. The van der Waals surface area contributed by atoms with Gasteiger partial charge in [0.1, 0.15) is 5.75 Å². The summed E-state index contributed by atoms with van der Waals surface area (Å²) >= 11 is 1.87. The van der Waals surface area contributed by atoms with Crippen molar-refractivity contribution < 1.29 is 19.7 Å². The van der Waals surface area contributed by atoms with Crippen LogP contribution in [0.2, 0.25) is 0 Å². The van der Waals surface area contributed by atoms with Gasteiger partial charge in [0.25, 0.3) is 0 Å². The summed E-state index contributed by atoms with van der Waals surface area (Å²) in [5.74, 6) is -0.301. The van der Waals surface area contributed by atoms with Gasteiger partial charge in [-0.05, 0) is 106 Å². The van der Waals surface area contributed by atoms with Crippen molar-refractivity contribution in [1.29, 1.82) is 0 Å². The van der Waals surface area contributed by atoms with Crippen LogP contribution < -0.4 is 4.74 Å². The highest BCUT2D eigenvalue weighted by molar-refractivity contribution is 7.11. The van der Waals surface area contributed by atoms with Crippen molar-refractivity contribution >= 4 is 28.2 Å². The smallest absolute Gasteiger partial charge is 0.308 e. The highest BCUT2D eigenvalue weighted by atomic mass is 32.1. The number of aliphatic hydroxyl groups is 1. The van der Waals surface area contributed by atoms with Gasteiger partial charge in [0, 0.05) is 27.9 Å². The highest BCUT2D eigenvalue weighted by Gasteiger charge is 2.34. The lowest BCUT2D eigenvalue weighted by molar-refractivity contribution is -0.146. The van der Waals surface area contributed by atoms with E-state index in [0.717, 1.165) is 61.0 Å². The third-order valence-corrected chi connectivity index (χ3v) is 8.31. The van der Waals surface area contributed by atoms with Gasteiger partial charge in [-0.2, -0.15) is 0 Å². The van der Waals surface area contributed by atoms with Crippen LogP contribution in [0.1, 0.15) is 53.5 Å². The van der Waals surface area contributed by atoms with Crippen LogP contribution in [-0.2, 0) is 11.2 Å². The maximum absolute atomic E-state index is 12.1. The number of aliphatic hydroxyl groups excluding tert-OH is 1. The molecular formula is C28H36N2O4S. The summed E-state index contributed by atoms with van der Waals surface area (Å²) < 4.78 is 5.34. The summed E-state index contributed by atoms with van der Waals surface area (Å²) in [5, 5.41) is 21.8. The molecule has 0 aliphatic carbocycles. The fourth-order valence-electron chi connectivity index (χ4n) is 5.24. The Morgan fingerprint density at radius 1 is 1.26 bits per heavy atom. The zero-order chi connectivity index (χ0) is 24.8. The molecule has 0 saturated carbocycles. The first-order valence-electron chi connectivity index (χ1n) is 12.6. The third-order valence-electron chi connectivity index (χ3n) is 7.25. The summed E-state index contributed by atoms with van der Waals surface area (Å²) in [6.45, 7) is 4.62. The van der Waals surface area contributed by atoms with Gasteiger partial charge in [-0.25, -0.2) is 0 Å². The van der Waals surface area contributed by atoms with E-state index in [2.05, 4.69) is 28.9 Å². The van der Waals surface area contributed by atoms with Crippen LogP contribution >= 0.6 is 11.3 Å². The molecule has 188 valence electrons. The molecule has 6 nitrogen and oxygen atoms in total. The molecule has 1 aliphatic heterocycles. The molecule has 1 saturated heterocycles. The van der Waals surface area contributed by atoms with Gasteiger partial charge in [0.15, 0.2) is 0 Å². The van der Waals surface area contributed by atoms with E-state index < -0.39 is 12.1 Å². The molecule has 3 heterocycles. The number of carboxylic acid groups (broad SMARTS) is 1. The molecule has 0 spiro atoms. The van der Waals surface area contributed by atoms with Crippen molar-refractivity contribution in [3.8, 4) is 5.75 Å². The van der Waals surface area contributed by atoms with Crippen LogP contribution in [0.3, 0.4) is 0 Å². The van der Waals surface area contributed by atoms with Gasteiger partial charge in [-0.1, -0.05) is 0 Å². The summed E-state index contributed by atoms with van der Waals surface area (Å²) in [6, 6.07) is 11.9. The van der Waals surface area contributed by atoms with Gasteiger partial charge in [0.2, 0.25) is 0 Å². The van der Waals surface area contributed by atoms with Crippen LogP contribution in [0.4, 0.5) is 0 Å². The number of likely N-dealkylation sites (tertiary alicyclic amines) is 1. The Kier molecular flexibility index (Phi) is 8.76. The van der Waals surface area contributed by atoms with E-state index in [1.165, 1.54) is 9.75 Å². The number of fused-ring (bicyclic) bond motifs is 1. The lowest BCUT2D eigenvalue weighted by Gasteiger charge is -2.37. The molecule has 1 unspecified atom stereocenters. The molecule has 0 amide bonds. The van der Waals surface area contributed by atoms with E-state index in [1.807, 2.05) is 35.6 Å². The Labute approximate surface area is 211 Å². The van der Waals surface area contributed by atoms with Crippen molar-refractivity contribution in [2.75, 3.05) is 26.7 Å². The zero-order valence-corrected chi connectivity index (χ0v) is 21.5. The second kappa shape index (κ2) is 12.0. The number of hydrogen-bond donors (Lipinski definition) is 2. The number of aliphatic carboxylic acids is 1. The Morgan fingerprint density at radius 3 is 2.86 bits per heavy atom. The summed E-state index contributed by atoms with van der Waals surface area (Å²) in [4.78, 5) is 21.6. The lowest BCUT2D eigenvalue weighted by Crippen LogP contribution is -2.44. The van der Waals surface area contributed by atoms with Crippen molar-refractivity contribution in [2.24, 2.45) is 11.8 Å². The van der Waals surface area contributed by atoms with Crippen LogP contribution in [0.15, 0.2) is 42.6 Å². The number of piperidine rings is 1. The average Bonchev–Trinajstić information content (AvgIpc) is 3.29. The Hall–Kier alpha value is -2.48. The molecule has 1 aliphatic rings. The molecule has 0 radical (unpaired) electrons. The van der Waals surface area contributed by atoms with Crippen molar-refractivity contribution in [2.45, 2.75) is 51.6 Å². The second-order valence-electron chi connectivity index (χ2n) is 9.64. The normalized spacial score (nSPS) is 19.6. The number of nitrogens with zero attached hydrogens (tertiary/aromatic N) is 2. The molecular weight excluding hydrogens is 460 g/mol. The van der Waals surface area contributed by atoms with E-state index in [1.54, 1.807) is 13.3 Å². The molecule has 2 aromatic heterocycles. The van der Waals surface area contributed by atoms with E-state index in [4.69, 9.17) is 4.74 Å².